The van der Waals surface area contributed by atoms with E-state index in [1.54, 1.807) is 0 Å². The summed E-state index contributed by atoms with van der Waals surface area (Å²) in [4.78, 5) is -0.0686. The Labute approximate surface area is 111 Å². The largest absolute Gasteiger partial charge is 0.497 e. The molecule has 0 radical (unpaired) electrons. The highest BCUT2D eigenvalue weighted by Gasteiger charge is 2.20. The highest BCUT2D eigenvalue weighted by Crippen LogP contribution is 2.28. The van der Waals surface area contributed by atoms with Crippen LogP contribution in [0.15, 0.2) is 23.1 Å². The summed E-state index contributed by atoms with van der Waals surface area (Å²) in [6.45, 7) is -0.809. The van der Waals surface area contributed by atoms with Crippen LogP contribution >= 0.6 is 0 Å². The molecule has 1 rings (SSSR count). The van der Waals surface area contributed by atoms with E-state index in [9.17, 15) is 8.42 Å². The Morgan fingerprint density at radius 1 is 1.32 bits per heavy atom. The smallest absolute Gasteiger partial charge is 0.244 e. The Morgan fingerprint density at radius 2 is 2.00 bits per heavy atom. The zero-order valence-electron chi connectivity index (χ0n) is 10.7. The lowest BCUT2D eigenvalue weighted by atomic mass is 10.3. The van der Waals surface area contributed by atoms with Gasteiger partial charge in [-0.05, 0) is 12.1 Å². The van der Waals surface area contributed by atoms with Crippen LogP contribution in [0.4, 0.5) is 0 Å². The number of rotatable bonds is 7. The maximum atomic E-state index is 12.0. The first-order valence-electron chi connectivity index (χ1n) is 5.45. The van der Waals surface area contributed by atoms with Crippen molar-refractivity contribution in [3.63, 3.8) is 0 Å². The molecule has 7 nitrogen and oxygen atoms in total. The van der Waals surface area contributed by atoms with Crippen LogP contribution < -0.4 is 14.2 Å². The van der Waals surface area contributed by atoms with E-state index in [0.29, 0.717) is 5.75 Å². The van der Waals surface area contributed by atoms with Gasteiger partial charge in [-0.2, -0.15) is 0 Å². The maximum absolute atomic E-state index is 12.0. The molecule has 8 heteroatoms. The second-order valence-electron chi connectivity index (χ2n) is 3.71. The molecule has 0 heterocycles. The summed E-state index contributed by atoms with van der Waals surface area (Å²) in [5.41, 5.74) is 0. The molecule has 1 aromatic carbocycles. The van der Waals surface area contributed by atoms with Crippen LogP contribution in [-0.4, -0.2) is 52.1 Å². The number of ether oxygens (including phenoxy) is 2. The first-order chi connectivity index (χ1) is 8.94. The van der Waals surface area contributed by atoms with Gasteiger partial charge < -0.3 is 19.7 Å². The van der Waals surface area contributed by atoms with Crippen LogP contribution in [0.5, 0.6) is 11.5 Å². The van der Waals surface area contributed by atoms with Gasteiger partial charge in [-0.3, -0.25) is 0 Å². The van der Waals surface area contributed by atoms with Gasteiger partial charge in [0.15, 0.2) is 0 Å². The number of methoxy groups -OCH3 is 2. The van der Waals surface area contributed by atoms with Gasteiger partial charge in [-0.1, -0.05) is 0 Å². The Bertz CT molecular complexity index is 516. The first kappa shape index (κ1) is 15.7. The normalized spacial score (nSPS) is 13.1. The lowest BCUT2D eigenvalue weighted by Crippen LogP contribution is -2.34. The van der Waals surface area contributed by atoms with E-state index in [1.165, 1.54) is 32.4 Å². The number of aliphatic hydroxyl groups excluding tert-OH is 2. The van der Waals surface area contributed by atoms with Gasteiger partial charge in [0.2, 0.25) is 10.0 Å². The summed E-state index contributed by atoms with van der Waals surface area (Å²) in [6.07, 6.45) is -1.15. The third-order valence-corrected chi connectivity index (χ3v) is 3.84. The van der Waals surface area contributed by atoms with Crippen molar-refractivity contribution in [2.45, 2.75) is 11.0 Å². The van der Waals surface area contributed by atoms with Gasteiger partial charge >= 0.3 is 0 Å². The topological polar surface area (TPSA) is 105 Å². The number of hydrogen-bond donors (Lipinski definition) is 3. The predicted molar refractivity (Wildman–Crippen MR) is 67.8 cm³/mol. The quantitative estimate of drug-likeness (QED) is 0.615. The molecular weight excluding hydrogens is 274 g/mol. The van der Waals surface area contributed by atoms with Crippen molar-refractivity contribution >= 4 is 10.0 Å². The van der Waals surface area contributed by atoms with Crippen LogP contribution in [-0.2, 0) is 10.0 Å². The van der Waals surface area contributed by atoms with Crippen molar-refractivity contribution < 1.29 is 28.1 Å². The van der Waals surface area contributed by atoms with Gasteiger partial charge in [0.05, 0.1) is 26.9 Å². The molecule has 19 heavy (non-hydrogen) atoms. The maximum Gasteiger partial charge on any atom is 0.244 e. The van der Waals surface area contributed by atoms with Gasteiger partial charge in [-0.25, -0.2) is 13.1 Å². The predicted octanol–water partition coefficient (Wildman–Crippen LogP) is -0.665. The summed E-state index contributed by atoms with van der Waals surface area (Å²) in [6, 6.07) is 4.27. The van der Waals surface area contributed by atoms with Crippen LogP contribution in [0.2, 0.25) is 0 Å². The molecule has 0 bridgehead atoms. The van der Waals surface area contributed by atoms with Gasteiger partial charge in [-0.15, -0.1) is 0 Å². The molecule has 0 saturated heterocycles. The van der Waals surface area contributed by atoms with Crippen molar-refractivity contribution in [3.05, 3.63) is 18.2 Å². The zero-order chi connectivity index (χ0) is 14.5. The Hall–Kier alpha value is -1.35. The Morgan fingerprint density at radius 3 is 2.53 bits per heavy atom. The minimum Gasteiger partial charge on any atom is -0.497 e. The van der Waals surface area contributed by atoms with Crippen LogP contribution in [0.25, 0.3) is 0 Å². The molecule has 0 spiro atoms. The van der Waals surface area contributed by atoms with Crippen LogP contribution in [0, 0.1) is 0 Å². The molecule has 0 fully saturated rings. The molecule has 1 aromatic rings. The van der Waals surface area contributed by atoms with Crippen molar-refractivity contribution in [3.8, 4) is 11.5 Å². The van der Waals surface area contributed by atoms with E-state index < -0.39 is 22.7 Å². The lowest BCUT2D eigenvalue weighted by Gasteiger charge is -2.13. The van der Waals surface area contributed by atoms with Gasteiger partial charge in [0, 0.05) is 12.6 Å². The van der Waals surface area contributed by atoms with Crippen molar-refractivity contribution in [1.29, 1.82) is 0 Å². The summed E-state index contributed by atoms with van der Waals surface area (Å²) < 4.78 is 36.2. The van der Waals surface area contributed by atoms with Crippen LogP contribution in [0.3, 0.4) is 0 Å². The van der Waals surface area contributed by atoms with Crippen molar-refractivity contribution in [2.24, 2.45) is 0 Å². The molecule has 0 amide bonds. The molecule has 0 aliphatic rings. The average molecular weight is 291 g/mol. The summed E-state index contributed by atoms with van der Waals surface area (Å²) in [7, 11) is -1.03. The Kier molecular flexibility index (Phi) is 5.55. The summed E-state index contributed by atoms with van der Waals surface area (Å²) in [5, 5.41) is 17.8. The fourth-order valence-electron chi connectivity index (χ4n) is 1.35. The number of hydrogen-bond acceptors (Lipinski definition) is 6. The SMILES string of the molecule is COc1ccc(S(=O)(=O)NCC(O)CO)c(OC)c1. The number of nitrogens with one attached hydrogen (secondary N) is 1. The molecule has 1 atom stereocenters. The second-order valence-corrected chi connectivity index (χ2v) is 5.44. The fourth-order valence-corrected chi connectivity index (χ4v) is 2.57. The Balaban J connectivity index is 3.00. The number of benzene rings is 1. The van der Waals surface area contributed by atoms with E-state index in [2.05, 4.69) is 4.72 Å². The monoisotopic (exact) mass is 291 g/mol. The molecule has 0 aromatic heterocycles. The molecule has 0 saturated carbocycles. The molecule has 0 aliphatic carbocycles. The molecule has 1 unspecified atom stereocenters. The first-order valence-corrected chi connectivity index (χ1v) is 6.93. The summed E-state index contributed by atoms with van der Waals surface area (Å²) >= 11 is 0. The van der Waals surface area contributed by atoms with Crippen LogP contribution in [0.1, 0.15) is 0 Å². The molecular formula is C11H17NO6S. The fraction of sp³-hybridized carbons (Fsp3) is 0.455. The molecule has 3 N–H and O–H groups in total. The van der Waals surface area contributed by atoms with E-state index in [4.69, 9.17) is 19.7 Å². The second kappa shape index (κ2) is 6.71. The standard InChI is InChI=1S/C11H17NO6S/c1-17-9-3-4-11(10(5-9)18-2)19(15,16)12-6-8(14)7-13/h3-5,8,12-14H,6-7H2,1-2H3. The van der Waals surface area contributed by atoms with E-state index in [1.807, 2.05) is 0 Å². The summed E-state index contributed by atoms with van der Waals surface area (Å²) in [5.74, 6) is 0.594. The highest BCUT2D eigenvalue weighted by atomic mass is 32.2. The zero-order valence-corrected chi connectivity index (χ0v) is 11.5. The lowest BCUT2D eigenvalue weighted by molar-refractivity contribution is 0.0988. The van der Waals surface area contributed by atoms with Gasteiger partial charge in [0.1, 0.15) is 16.4 Å². The molecule has 0 aliphatic heterocycles. The number of sulfonamides is 1. The van der Waals surface area contributed by atoms with E-state index in [0.717, 1.165) is 0 Å². The van der Waals surface area contributed by atoms with Crippen molar-refractivity contribution in [2.75, 3.05) is 27.4 Å². The highest BCUT2D eigenvalue weighted by molar-refractivity contribution is 7.89. The van der Waals surface area contributed by atoms with Crippen molar-refractivity contribution in [1.82, 2.24) is 4.72 Å². The van der Waals surface area contributed by atoms with E-state index in [-0.39, 0.29) is 17.2 Å². The minimum atomic E-state index is -3.83. The minimum absolute atomic E-state index is 0.0686. The molecule has 108 valence electrons. The third-order valence-electron chi connectivity index (χ3n) is 2.38. The average Bonchev–Trinajstić information content (AvgIpc) is 2.43. The third kappa shape index (κ3) is 4.06. The van der Waals surface area contributed by atoms with Gasteiger partial charge in [0.25, 0.3) is 0 Å². The van der Waals surface area contributed by atoms with E-state index >= 15 is 0 Å². The number of aliphatic hydroxyl groups is 2.